The van der Waals surface area contributed by atoms with E-state index in [1.165, 1.54) is 0 Å². The zero-order valence-corrected chi connectivity index (χ0v) is 41.6. The number of fused-ring (bicyclic) bond motifs is 10. The van der Waals surface area contributed by atoms with Crippen LogP contribution < -0.4 is 11.5 Å². The summed E-state index contributed by atoms with van der Waals surface area (Å²) in [5.74, 6) is 0. The van der Waals surface area contributed by atoms with Gasteiger partial charge in [-0.15, -0.1) is 0 Å². The highest BCUT2D eigenvalue weighted by Gasteiger charge is 2.30. The molecule has 0 atom stereocenters. The predicted octanol–water partition coefficient (Wildman–Crippen LogP) is 19.9. The third-order valence-corrected chi connectivity index (χ3v) is 15.4. The van der Waals surface area contributed by atoms with Crippen LogP contribution in [0.2, 0.25) is 0 Å². The van der Waals surface area contributed by atoms with E-state index in [0.29, 0.717) is 17.0 Å². The normalized spacial score (nSPS) is 11.7. The molecule has 3 aromatic heterocycles. The molecule has 0 radical (unpaired) electrons. The Labute approximate surface area is 443 Å². The SMILES string of the molecule is Nc1ccc2c(c1)oc1cc3c(cc12)oc1cc(-c2ccc(-c4ccccc4)cc2)c2oc4c(-c5ccc(-c6ccccc6)cc5)c(N)c(-c5ccc(-c6ccccc6)cc5)c(-c5ccc(-c6ccccc6)cc5)c4c2c13. The van der Waals surface area contributed by atoms with Gasteiger partial charge in [-0.1, -0.05) is 218 Å². The van der Waals surface area contributed by atoms with Crippen molar-refractivity contribution in [2.45, 2.75) is 0 Å². The molecule has 0 spiro atoms. The summed E-state index contributed by atoms with van der Waals surface area (Å²) >= 11 is 0. The molecule has 12 aromatic carbocycles. The molecule has 5 nitrogen and oxygen atoms in total. The molecule has 77 heavy (non-hydrogen) atoms. The molecule has 0 aliphatic heterocycles. The monoisotopic (exact) mass is 986 g/mol. The number of benzene rings is 12. The molecule has 0 aliphatic carbocycles. The molecule has 0 saturated heterocycles. The van der Waals surface area contributed by atoms with Crippen LogP contribution in [0, 0.1) is 0 Å². The molecule has 0 fully saturated rings. The molecular weight excluding hydrogens is 941 g/mol. The van der Waals surface area contributed by atoms with Crippen LogP contribution in [-0.2, 0) is 0 Å². The molecule has 5 heteroatoms. The van der Waals surface area contributed by atoms with Crippen LogP contribution in [-0.4, -0.2) is 0 Å². The van der Waals surface area contributed by atoms with Gasteiger partial charge in [0, 0.05) is 66.3 Å². The standard InChI is InChI=1S/C72H46N2O3/c73-55-37-38-56-58-41-62-59(42-61(58)75-60(56)39-55)67-63(76-62)40-57(51-29-21-47(22-30-51)43-13-5-1-6-14-43)71-69(67)68-64(52-31-23-48(24-32-52)44-15-7-2-8-16-44)65(53-33-25-49(26-34-53)45-17-9-3-10-18-45)70(74)66(72(68)77-71)54-35-27-50(28-36-54)46-19-11-4-12-20-46/h1-42H,73-74H2. The second kappa shape index (κ2) is 17.7. The van der Waals surface area contributed by atoms with Gasteiger partial charge in [0.25, 0.3) is 0 Å². The first-order chi connectivity index (χ1) is 38.0. The van der Waals surface area contributed by atoms with Crippen molar-refractivity contribution < 1.29 is 13.3 Å². The molecule has 15 rings (SSSR count). The third-order valence-electron chi connectivity index (χ3n) is 15.4. The first-order valence-electron chi connectivity index (χ1n) is 26.0. The minimum Gasteiger partial charge on any atom is -0.456 e. The van der Waals surface area contributed by atoms with Gasteiger partial charge in [0.2, 0.25) is 0 Å². The Kier molecular flexibility index (Phi) is 10.1. The van der Waals surface area contributed by atoms with Crippen molar-refractivity contribution in [2.75, 3.05) is 11.5 Å². The number of nitrogen functional groups attached to an aromatic ring is 2. The van der Waals surface area contributed by atoms with Crippen molar-refractivity contribution in [1.29, 1.82) is 0 Å². The maximum Gasteiger partial charge on any atom is 0.146 e. The van der Waals surface area contributed by atoms with E-state index in [9.17, 15) is 0 Å². The zero-order chi connectivity index (χ0) is 51.1. The van der Waals surface area contributed by atoms with Crippen LogP contribution in [0.3, 0.4) is 0 Å². The second-order valence-electron chi connectivity index (χ2n) is 19.9. The summed E-state index contributed by atoms with van der Waals surface area (Å²) in [4.78, 5) is 0. The average molecular weight is 987 g/mol. The smallest absolute Gasteiger partial charge is 0.146 e. The van der Waals surface area contributed by atoms with Crippen molar-refractivity contribution in [3.8, 4) is 89.0 Å². The molecule has 4 N–H and O–H groups in total. The van der Waals surface area contributed by atoms with Crippen molar-refractivity contribution in [3.05, 3.63) is 255 Å². The van der Waals surface area contributed by atoms with Gasteiger partial charge in [-0.05, 0) is 97.1 Å². The Morgan fingerprint density at radius 3 is 1.13 bits per heavy atom. The van der Waals surface area contributed by atoms with Crippen LogP contribution in [0.4, 0.5) is 11.4 Å². The summed E-state index contributed by atoms with van der Waals surface area (Å²) in [5.41, 5.74) is 36.2. The number of hydrogen-bond donors (Lipinski definition) is 2. The summed E-state index contributed by atoms with van der Waals surface area (Å²) in [6.07, 6.45) is 0. The summed E-state index contributed by atoms with van der Waals surface area (Å²) in [6.45, 7) is 0. The van der Waals surface area contributed by atoms with Crippen LogP contribution >= 0.6 is 0 Å². The number of anilines is 2. The fraction of sp³-hybridized carbons (Fsp3) is 0. The number of hydrogen-bond acceptors (Lipinski definition) is 5. The van der Waals surface area contributed by atoms with Crippen molar-refractivity contribution in [2.24, 2.45) is 0 Å². The van der Waals surface area contributed by atoms with Gasteiger partial charge in [0.05, 0.1) is 5.69 Å². The van der Waals surface area contributed by atoms with E-state index in [1.807, 2.05) is 36.4 Å². The summed E-state index contributed by atoms with van der Waals surface area (Å²) < 4.78 is 21.4. The third kappa shape index (κ3) is 7.31. The van der Waals surface area contributed by atoms with Crippen molar-refractivity contribution in [1.82, 2.24) is 0 Å². The lowest BCUT2D eigenvalue weighted by molar-refractivity contribution is 0.662. The number of nitrogens with two attached hydrogens (primary N) is 2. The molecular formula is C72H46N2O3. The summed E-state index contributed by atoms with van der Waals surface area (Å²) in [6, 6.07) is 89.2. The minimum atomic E-state index is 0.615. The van der Waals surface area contributed by atoms with E-state index in [0.717, 1.165) is 149 Å². The molecule has 0 unspecified atom stereocenters. The lowest BCUT2D eigenvalue weighted by Crippen LogP contribution is -1.99. The van der Waals surface area contributed by atoms with Crippen LogP contribution in [0.1, 0.15) is 0 Å². The van der Waals surface area contributed by atoms with Gasteiger partial charge in [0.15, 0.2) is 0 Å². The van der Waals surface area contributed by atoms with Gasteiger partial charge in [-0.25, -0.2) is 0 Å². The maximum absolute atomic E-state index is 7.91. The average Bonchev–Trinajstić information content (AvgIpc) is 4.39. The Hall–Kier alpha value is -10.4. The number of furan rings is 3. The highest BCUT2D eigenvalue weighted by atomic mass is 16.3. The second-order valence-corrected chi connectivity index (χ2v) is 19.9. The first kappa shape index (κ1) is 44.2. The largest absolute Gasteiger partial charge is 0.456 e. The Balaban J connectivity index is 1.10. The minimum absolute atomic E-state index is 0.615. The van der Waals surface area contributed by atoms with Gasteiger partial charge >= 0.3 is 0 Å². The van der Waals surface area contributed by atoms with Crippen molar-refractivity contribution >= 4 is 77.2 Å². The van der Waals surface area contributed by atoms with E-state index >= 15 is 0 Å². The highest BCUT2D eigenvalue weighted by molar-refractivity contribution is 6.35. The van der Waals surface area contributed by atoms with Gasteiger partial charge < -0.3 is 24.7 Å². The lowest BCUT2D eigenvalue weighted by atomic mass is 9.84. The quantitative estimate of drug-likeness (QED) is 0.148. The fourth-order valence-electron chi connectivity index (χ4n) is 11.7. The van der Waals surface area contributed by atoms with E-state index < -0.39 is 0 Å². The van der Waals surface area contributed by atoms with Crippen LogP contribution in [0.5, 0.6) is 0 Å². The maximum atomic E-state index is 7.91. The Morgan fingerprint density at radius 1 is 0.234 bits per heavy atom. The Bertz CT molecular complexity index is 4730. The van der Waals surface area contributed by atoms with E-state index in [2.05, 4.69) is 218 Å². The summed E-state index contributed by atoms with van der Waals surface area (Å²) in [7, 11) is 0. The van der Waals surface area contributed by atoms with Gasteiger partial charge in [-0.3, -0.25) is 0 Å². The fourth-order valence-corrected chi connectivity index (χ4v) is 11.7. The molecule has 0 saturated carbocycles. The summed E-state index contributed by atoms with van der Waals surface area (Å²) in [5, 5.41) is 5.59. The molecule has 0 bridgehead atoms. The van der Waals surface area contributed by atoms with Gasteiger partial charge in [-0.2, -0.15) is 0 Å². The molecule has 0 amide bonds. The Morgan fingerprint density at radius 2 is 0.623 bits per heavy atom. The molecule has 15 aromatic rings. The number of rotatable bonds is 8. The van der Waals surface area contributed by atoms with Crippen molar-refractivity contribution in [3.63, 3.8) is 0 Å². The lowest BCUT2D eigenvalue weighted by Gasteiger charge is -2.20. The van der Waals surface area contributed by atoms with E-state index in [1.54, 1.807) is 0 Å². The van der Waals surface area contributed by atoms with E-state index in [-0.39, 0.29) is 0 Å². The molecule has 0 aliphatic rings. The van der Waals surface area contributed by atoms with Gasteiger partial charge in [0.1, 0.15) is 33.5 Å². The van der Waals surface area contributed by atoms with Crippen LogP contribution in [0.25, 0.3) is 155 Å². The molecule has 3 heterocycles. The highest BCUT2D eigenvalue weighted by Crippen LogP contribution is 2.55. The van der Waals surface area contributed by atoms with Crippen LogP contribution in [0.15, 0.2) is 268 Å². The van der Waals surface area contributed by atoms with E-state index in [4.69, 9.17) is 24.7 Å². The first-order valence-corrected chi connectivity index (χ1v) is 26.0. The molecule has 362 valence electrons. The zero-order valence-electron chi connectivity index (χ0n) is 41.6. The predicted molar refractivity (Wildman–Crippen MR) is 321 cm³/mol. The topological polar surface area (TPSA) is 91.5 Å².